The number of aromatic hydroxyl groups is 1. The van der Waals surface area contributed by atoms with Crippen LogP contribution in [0.3, 0.4) is 0 Å². The van der Waals surface area contributed by atoms with Crippen molar-refractivity contribution in [1.29, 1.82) is 0 Å². The number of aromatic nitrogens is 2. The lowest BCUT2D eigenvalue weighted by Gasteiger charge is -2.26. The normalized spacial score (nSPS) is 14.9. The first-order valence-electron chi connectivity index (χ1n) is 10.7. The number of hydrogen-bond acceptors (Lipinski definition) is 5. The van der Waals surface area contributed by atoms with Gasteiger partial charge in [-0.1, -0.05) is 36.4 Å². The van der Waals surface area contributed by atoms with Crippen LogP contribution in [0.15, 0.2) is 71.9 Å². The molecule has 1 unspecified atom stereocenters. The molecule has 1 aliphatic heterocycles. The van der Waals surface area contributed by atoms with Crippen LogP contribution in [0.1, 0.15) is 39.0 Å². The van der Waals surface area contributed by atoms with Crippen LogP contribution in [0.5, 0.6) is 11.5 Å². The monoisotopic (exact) mass is 475 g/mol. The Bertz CT molecular complexity index is 1380. The lowest BCUT2D eigenvalue weighted by Crippen LogP contribution is -2.29. The van der Waals surface area contributed by atoms with Gasteiger partial charge in [-0.15, -0.1) is 0 Å². The van der Waals surface area contributed by atoms with Crippen molar-refractivity contribution in [3.8, 4) is 22.8 Å². The van der Waals surface area contributed by atoms with E-state index < -0.39 is 6.04 Å². The van der Waals surface area contributed by atoms with Gasteiger partial charge in [0.2, 0.25) is 0 Å². The van der Waals surface area contributed by atoms with E-state index in [2.05, 4.69) is 16.8 Å². The van der Waals surface area contributed by atoms with Gasteiger partial charge in [0.05, 0.1) is 18.8 Å². The first kappa shape index (κ1) is 21.9. The van der Waals surface area contributed by atoms with Gasteiger partial charge in [-0.25, -0.2) is 0 Å². The highest BCUT2D eigenvalue weighted by Gasteiger charge is 2.43. The number of ether oxygens (including phenoxy) is 1. The number of hydrogen-bond donors (Lipinski definition) is 2. The molecule has 8 heteroatoms. The summed E-state index contributed by atoms with van der Waals surface area (Å²) in [4.78, 5) is 15.2. The third-order valence-corrected chi connectivity index (χ3v) is 6.25. The van der Waals surface area contributed by atoms with Crippen molar-refractivity contribution in [2.45, 2.75) is 19.5 Å². The van der Waals surface area contributed by atoms with E-state index in [0.29, 0.717) is 45.7 Å². The topological polar surface area (TPSA) is 91.6 Å². The molecule has 1 aliphatic rings. The molecular weight excluding hydrogens is 454 g/mol. The second-order valence-corrected chi connectivity index (χ2v) is 8.47. The number of aryl methyl sites for hydroxylation is 1. The molecule has 1 atom stereocenters. The first-order valence-corrected chi connectivity index (χ1v) is 11.1. The number of H-pyrrole nitrogens is 1. The van der Waals surface area contributed by atoms with Crippen LogP contribution in [-0.2, 0) is 6.54 Å². The van der Waals surface area contributed by atoms with E-state index in [1.807, 2.05) is 37.3 Å². The third-order valence-electron chi connectivity index (χ3n) is 5.84. The Labute approximate surface area is 201 Å². The highest BCUT2D eigenvalue weighted by Crippen LogP contribution is 2.46. The van der Waals surface area contributed by atoms with Gasteiger partial charge >= 0.3 is 0 Å². The van der Waals surface area contributed by atoms with Crippen molar-refractivity contribution < 1.29 is 19.1 Å². The van der Waals surface area contributed by atoms with E-state index in [4.69, 9.17) is 20.8 Å². The minimum Gasteiger partial charge on any atom is -0.507 e. The number of fused-ring (bicyclic) bond motifs is 1. The average molecular weight is 476 g/mol. The Morgan fingerprint density at radius 3 is 2.91 bits per heavy atom. The van der Waals surface area contributed by atoms with E-state index in [9.17, 15) is 9.90 Å². The van der Waals surface area contributed by atoms with Crippen molar-refractivity contribution in [3.05, 3.63) is 101 Å². The second-order valence-electron chi connectivity index (χ2n) is 8.07. The number of phenols is 1. The van der Waals surface area contributed by atoms with Crippen LogP contribution in [0.25, 0.3) is 11.3 Å². The van der Waals surface area contributed by atoms with Crippen LogP contribution < -0.4 is 4.74 Å². The number of aromatic amines is 1. The summed E-state index contributed by atoms with van der Waals surface area (Å²) in [6, 6.07) is 13.9. The zero-order chi connectivity index (χ0) is 23.8. The van der Waals surface area contributed by atoms with E-state index in [1.165, 1.54) is 0 Å². The molecule has 3 heterocycles. The van der Waals surface area contributed by atoms with Gasteiger partial charge in [0, 0.05) is 16.1 Å². The second kappa shape index (κ2) is 8.76. The number of carbonyl (C=O) groups is 1. The molecule has 5 rings (SSSR count). The fraction of sp³-hybridized carbons (Fsp3) is 0.154. The smallest absolute Gasteiger partial charge is 0.273 e. The number of amides is 1. The maximum absolute atomic E-state index is 13.5. The summed E-state index contributed by atoms with van der Waals surface area (Å²) in [7, 11) is 0. The Kier molecular flexibility index (Phi) is 5.63. The number of furan rings is 1. The fourth-order valence-corrected chi connectivity index (χ4v) is 4.43. The van der Waals surface area contributed by atoms with Crippen molar-refractivity contribution in [1.82, 2.24) is 15.1 Å². The first-order chi connectivity index (χ1) is 16.5. The van der Waals surface area contributed by atoms with Gasteiger partial charge in [0.25, 0.3) is 5.91 Å². The summed E-state index contributed by atoms with van der Waals surface area (Å²) in [5, 5.41) is 18.5. The molecule has 2 aromatic heterocycles. The Balaban J connectivity index is 1.66. The van der Waals surface area contributed by atoms with Crippen molar-refractivity contribution >= 4 is 17.5 Å². The van der Waals surface area contributed by atoms with Crippen LogP contribution in [-0.4, -0.2) is 32.7 Å². The van der Waals surface area contributed by atoms with E-state index in [1.54, 1.807) is 35.4 Å². The molecule has 0 spiro atoms. The SMILES string of the molecule is C=CCOc1cccc(C2c3c(-c4cc(Cl)c(C)cc4O)n[nH]c3C(=O)N2Cc2ccco2)c1. The van der Waals surface area contributed by atoms with Gasteiger partial charge in [0.1, 0.15) is 35.3 Å². The maximum atomic E-state index is 13.5. The molecule has 0 fully saturated rings. The van der Waals surface area contributed by atoms with Crippen LogP contribution in [0.2, 0.25) is 5.02 Å². The molecular formula is C26H22ClN3O4. The summed E-state index contributed by atoms with van der Waals surface area (Å²) in [6.45, 7) is 6.13. The van der Waals surface area contributed by atoms with Gasteiger partial charge in [-0.05, 0) is 54.4 Å². The van der Waals surface area contributed by atoms with Crippen LogP contribution in [0, 0.1) is 6.92 Å². The molecule has 34 heavy (non-hydrogen) atoms. The molecule has 4 aromatic rings. The number of nitrogens with one attached hydrogen (secondary N) is 1. The highest BCUT2D eigenvalue weighted by atomic mass is 35.5. The molecule has 2 N–H and O–H groups in total. The standard InChI is InChI=1S/C26H22ClN3O4/c1-3-9-33-17-7-4-6-16(12-17)25-22-23(19-13-20(27)15(2)11-21(19)31)28-29-24(22)26(32)30(25)14-18-8-5-10-34-18/h3-8,10-13,25,31H,1,9,14H2,2H3,(H,28,29). The molecule has 0 radical (unpaired) electrons. The van der Waals surface area contributed by atoms with E-state index in [0.717, 1.165) is 11.1 Å². The largest absolute Gasteiger partial charge is 0.507 e. The van der Waals surface area contributed by atoms with Crippen LogP contribution in [0.4, 0.5) is 0 Å². The lowest BCUT2D eigenvalue weighted by molar-refractivity contribution is 0.0716. The highest BCUT2D eigenvalue weighted by molar-refractivity contribution is 6.31. The zero-order valence-electron chi connectivity index (χ0n) is 18.4. The van der Waals surface area contributed by atoms with Gasteiger partial charge < -0.3 is 19.2 Å². The maximum Gasteiger partial charge on any atom is 0.273 e. The zero-order valence-corrected chi connectivity index (χ0v) is 19.2. The molecule has 172 valence electrons. The van der Waals surface area contributed by atoms with E-state index >= 15 is 0 Å². The molecule has 0 bridgehead atoms. The third kappa shape index (κ3) is 3.74. The number of rotatable bonds is 7. The molecule has 0 saturated heterocycles. The number of halogens is 1. The summed E-state index contributed by atoms with van der Waals surface area (Å²) in [6.07, 6.45) is 3.25. The van der Waals surface area contributed by atoms with Gasteiger partial charge in [0.15, 0.2) is 0 Å². The predicted molar refractivity (Wildman–Crippen MR) is 128 cm³/mol. The van der Waals surface area contributed by atoms with Gasteiger partial charge in [-0.2, -0.15) is 5.10 Å². The molecule has 7 nitrogen and oxygen atoms in total. The summed E-state index contributed by atoms with van der Waals surface area (Å²) < 4.78 is 11.3. The predicted octanol–water partition coefficient (Wildman–Crippen LogP) is 5.65. The molecule has 2 aromatic carbocycles. The number of phenolic OH excluding ortho intramolecular Hbond substituents is 1. The Morgan fingerprint density at radius 2 is 2.15 bits per heavy atom. The number of carbonyl (C=O) groups excluding carboxylic acids is 1. The molecule has 0 saturated carbocycles. The molecule has 1 amide bonds. The Morgan fingerprint density at radius 1 is 1.29 bits per heavy atom. The molecule has 0 aliphatic carbocycles. The van der Waals surface area contributed by atoms with Gasteiger partial charge in [-0.3, -0.25) is 9.89 Å². The van der Waals surface area contributed by atoms with Crippen LogP contribution >= 0.6 is 11.6 Å². The minimum absolute atomic E-state index is 0.0370. The quantitative estimate of drug-likeness (QED) is 0.337. The van der Waals surface area contributed by atoms with E-state index in [-0.39, 0.29) is 18.2 Å². The average Bonchev–Trinajstić information content (AvgIpc) is 3.55. The van der Waals surface area contributed by atoms with Crippen molar-refractivity contribution in [2.75, 3.05) is 6.61 Å². The van der Waals surface area contributed by atoms with Crippen molar-refractivity contribution in [3.63, 3.8) is 0 Å². The number of nitrogens with zero attached hydrogens (tertiary/aromatic N) is 2. The lowest BCUT2D eigenvalue weighted by atomic mass is 9.95. The Hall–Kier alpha value is -3.97. The summed E-state index contributed by atoms with van der Waals surface area (Å²) in [5.74, 6) is 1.13. The summed E-state index contributed by atoms with van der Waals surface area (Å²) >= 11 is 6.37. The van der Waals surface area contributed by atoms with Crippen molar-refractivity contribution in [2.24, 2.45) is 0 Å². The fourth-order valence-electron chi connectivity index (χ4n) is 4.27. The number of benzene rings is 2. The summed E-state index contributed by atoms with van der Waals surface area (Å²) in [5.41, 5.74) is 3.51. The minimum atomic E-state index is -0.492.